The third-order valence-corrected chi connectivity index (χ3v) is 5.62. The van der Waals surface area contributed by atoms with Crippen molar-refractivity contribution in [1.29, 1.82) is 0 Å². The predicted octanol–water partition coefficient (Wildman–Crippen LogP) is 3.95. The van der Waals surface area contributed by atoms with Crippen molar-refractivity contribution in [2.45, 2.75) is 32.4 Å². The lowest BCUT2D eigenvalue weighted by molar-refractivity contribution is -0.123. The number of urea groups is 1. The predicted molar refractivity (Wildman–Crippen MR) is 136 cm³/mol. The van der Waals surface area contributed by atoms with E-state index in [1.54, 1.807) is 42.1 Å². The Morgan fingerprint density at radius 2 is 1.76 bits per heavy atom. The van der Waals surface area contributed by atoms with Gasteiger partial charge in [0.15, 0.2) is 5.82 Å². The summed E-state index contributed by atoms with van der Waals surface area (Å²) in [6, 6.07) is 7.65. The molecule has 5 N–H and O–H groups in total. The van der Waals surface area contributed by atoms with Gasteiger partial charge in [-0.25, -0.2) is 14.3 Å². The second-order valence-electron chi connectivity index (χ2n) is 9.60. The van der Waals surface area contributed by atoms with Crippen molar-refractivity contribution in [2.24, 2.45) is 7.05 Å². The Bertz CT molecular complexity index is 1500. The molecule has 3 aromatic heterocycles. The Morgan fingerprint density at radius 3 is 2.37 bits per heavy atom. The molecule has 0 unspecified atom stereocenters. The maximum Gasteiger partial charge on any atom is 0.405 e. The number of aryl methyl sites for hydroxylation is 1. The van der Waals surface area contributed by atoms with E-state index in [-0.39, 0.29) is 27.9 Å². The Labute approximate surface area is 215 Å². The van der Waals surface area contributed by atoms with Gasteiger partial charge in [-0.05, 0) is 17.7 Å². The minimum atomic E-state index is -4.58. The highest BCUT2D eigenvalue weighted by Crippen LogP contribution is 2.33. The number of carbonyl (C=O) groups excluding carboxylic acids is 2. The largest absolute Gasteiger partial charge is 0.405 e. The zero-order valence-electron chi connectivity index (χ0n) is 21.0. The number of aromatic nitrogens is 5. The molecule has 0 spiro atoms. The number of amides is 3. The van der Waals surface area contributed by atoms with Crippen LogP contribution in [0.4, 0.5) is 35.3 Å². The van der Waals surface area contributed by atoms with Crippen molar-refractivity contribution in [3.63, 3.8) is 0 Å². The zero-order valence-corrected chi connectivity index (χ0v) is 21.0. The molecule has 0 aliphatic carbocycles. The molecule has 0 fully saturated rings. The summed E-state index contributed by atoms with van der Waals surface area (Å²) in [5, 5.41) is 15.8. The van der Waals surface area contributed by atoms with Crippen LogP contribution in [0.15, 0.2) is 42.9 Å². The van der Waals surface area contributed by atoms with Gasteiger partial charge >= 0.3 is 12.2 Å². The van der Waals surface area contributed by atoms with Gasteiger partial charge in [0.1, 0.15) is 24.2 Å². The summed E-state index contributed by atoms with van der Waals surface area (Å²) in [7, 11) is 1.72. The molecule has 0 radical (unpaired) electrons. The van der Waals surface area contributed by atoms with Gasteiger partial charge in [-0.1, -0.05) is 32.9 Å². The Hall–Kier alpha value is -4.62. The summed E-state index contributed by atoms with van der Waals surface area (Å²) < 4.78 is 40.9. The minimum absolute atomic E-state index is 0.0391. The van der Waals surface area contributed by atoms with E-state index in [9.17, 15) is 22.8 Å². The number of nitrogens with one attached hydrogen (secondary N) is 3. The third-order valence-electron chi connectivity index (χ3n) is 5.62. The van der Waals surface area contributed by atoms with Crippen molar-refractivity contribution in [1.82, 2.24) is 29.7 Å². The molecular formula is C24H26F3N9O2. The lowest BCUT2D eigenvalue weighted by atomic mass is 9.92. The van der Waals surface area contributed by atoms with Crippen molar-refractivity contribution in [3.8, 4) is 11.1 Å². The molecule has 4 rings (SSSR count). The average Bonchev–Trinajstić information content (AvgIpc) is 3.39. The van der Waals surface area contributed by atoms with Gasteiger partial charge in [0.2, 0.25) is 0 Å². The fraction of sp³-hybridized carbons (Fsp3) is 0.292. The van der Waals surface area contributed by atoms with E-state index in [1.165, 1.54) is 17.0 Å². The van der Waals surface area contributed by atoms with Crippen LogP contribution in [-0.2, 0) is 12.5 Å². The molecule has 0 atom stereocenters. The van der Waals surface area contributed by atoms with E-state index >= 15 is 0 Å². The molecule has 4 aromatic rings. The maximum absolute atomic E-state index is 12.7. The number of anilines is 3. The summed E-state index contributed by atoms with van der Waals surface area (Å²) in [5.74, 6) is -0.402. The molecule has 38 heavy (non-hydrogen) atoms. The van der Waals surface area contributed by atoms with Crippen LogP contribution in [0.1, 0.15) is 36.8 Å². The molecular weight excluding hydrogens is 503 g/mol. The fourth-order valence-electron chi connectivity index (χ4n) is 3.72. The van der Waals surface area contributed by atoms with Crippen molar-refractivity contribution in [2.75, 3.05) is 22.9 Å². The second kappa shape index (κ2) is 9.68. The first-order valence-corrected chi connectivity index (χ1v) is 11.4. The summed E-state index contributed by atoms with van der Waals surface area (Å²) in [4.78, 5) is 29.2. The number of hydrogen-bond acceptors (Lipinski definition) is 6. The number of nitrogen functional groups attached to an aromatic ring is 1. The number of hydrogen-bond donors (Lipinski definition) is 4. The van der Waals surface area contributed by atoms with Crippen LogP contribution in [0, 0.1) is 0 Å². The molecule has 11 nitrogen and oxygen atoms in total. The van der Waals surface area contributed by atoms with Crippen molar-refractivity contribution in [3.05, 3.63) is 54.1 Å². The van der Waals surface area contributed by atoms with Crippen LogP contribution in [-0.4, -0.2) is 49.0 Å². The normalized spacial score (nSPS) is 12.0. The smallest absolute Gasteiger partial charge is 0.382 e. The summed E-state index contributed by atoms with van der Waals surface area (Å²) in [5.41, 5.74) is 7.97. The highest BCUT2D eigenvalue weighted by molar-refractivity contribution is 6.07. The molecule has 3 amide bonds. The van der Waals surface area contributed by atoms with Gasteiger partial charge in [-0.15, -0.1) is 0 Å². The molecule has 3 heterocycles. The van der Waals surface area contributed by atoms with E-state index in [2.05, 4.69) is 25.8 Å². The topological polar surface area (TPSA) is 144 Å². The first-order chi connectivity index (χ1) is 17.7. The monoisotopic (exact) mass is 529 g/mol. The molecule has 1 aromatic carbocycles. The SMILES string of the molecule is Cn1nc(C(C)(C)C)cc1NC(=O)Nc1ccc(-c2c(C(=O)NCC(F)(F)F)cn3ncnc(N)c23)cc1. The first-order valence-electron chi connectivity index (χ1n) is 11.4. The number of halogens is 3. The van der Waals surface area contributed by atoms with Crippen LogP contribution in [0.3, 0.4) is 0 Å². The molecule has 0 aliphatic heterocycles. The summed E-state index contributed by atoms with van der Waals surface area (Å²) in [6.45, 7) is 4.55. The van der Waals surface area contributed by atoms with Crippen LogP contribution in [0.25, 0.3) is 16.6 Å². The van der Waals surface area contributed by atoms with Crippen molar-refractivity contribution < 1.29 is 22.8 Å². The van der Waals surface area contributed by atoms with E-state index in [0.717, 1.165) is 5.69 Å². The quantitative estimate of drug-likeness (QED) is 0.308. The standard InChI is InChI=1S/C24H26F3N9O2/c1-23(2,3)16-9-17(35(4)34-16)33-22(38)32-14-7-5-13(6-8-14)18-15(21(37)29-11-24(25,26)27)10-36-19(18)20(28)30-12-31-36/h5-10,12H,11H2,1-4H3,(H,29,37)(H2,28,30,31)(H2,32,33,38). The first kappa shape index (κ1) is 26.4. The average molecular weight is 530 g/mol. The van der Waals surface area contributed by atoms with Crippen LogP contribution < -0.4 is 21.7 Å². The van der Waals surface area contributed by atoms with Crippen LogP contribution in [0.5, 0.6) is 0 Å². The third kappa shape index (κ3) is 5.68. The van der Waals surface area contributed by atoms with Gasteiger partial charge in [0.25, 0.3) is 5.91 Å². The highest BCUT2D eigenvalue weighted by atomic mass is 19.4. The van der Waals surface area contributed by atoms with E-state index in [4.69, 9.17) is 5.73 Å². The number of benzene rings is 1. The molecule has 0 aliphatic rings. The molecule has 0 saturated heterocycles. The van der Waals surface area contributed by atoms with Crippen LogP contribution >= 0.6 is 0 Å². The number of nitrogens with zero attached hydrogens (tertiary/aromatic N) is 5. The summed E-state index contributed by atoms with van der Waals surface area (Å²) >= 11 is 0. The molecule has 0 bridgehead atoms. The zero-order chi connectivity index (χ0) is 27.8. The van der Waals surface area contributed by atoms with E-state index < -0.39 is 24.7 Å². The summed E-state index contributed by atoms with van der Waals surface area (Å²) in [6.07, 6.45) is -2.12. The minimum Gasteiger partial charge on any atom is -0.382 e. The van der Waals surface area contributed by atoms with Gasteiger partial charge < -0.3 is 16.4 Å². The number of nitrogens with two attached hydrogens (primary N) is 1. The lowest BCUT2D eigenvalue weighted by Gasteiger charge is -2.13. The van der Waals surface area contributed by atoms with E-state index in [1.807, 2.05) is 26.1 Å². The molecule has 0 saturated carbocycles. The second-order valence-corrected chi connectivity index (χ2v) is 9.60. The number of fused-ring (bicyclic) bond motifs is 1. The Kier molecular flexibility index (Phi) is 6.74. The fourth-order valence-corrected chi connectivity index (χ4v) is 3.72. The van der Waals surface area contributed by atoms with Crippen LogP contribution in [0.2, 0.25) is 0 Å². The van der Waals surface area contributed by atoms with Gasteiger partial charge in [-0.3, -0.25) is 14.8 Å². The van der Waals surface area contributed by atoms with Crippen molar-refractivity contribution >= 4 is 34.8 Å². The maximum atomic E-state index is 12.7. The number of rotatable bonds is 5. The number of carbonyl (C=O) groups is 2. The van der Waals surface area contributed by atoms with Gasteiger partial charge in [0, 0.05) is 36.0 Å². The Balaban J connectivity index is 1.58. The Morgan fingerprint density at radius 1 is 1.08 bits per heavy atom. The van der Waals surface area contributed by atoms with Gasteiger partial charge in [-0.2, -0.15) is 23.4 Å². The molecule has 200 valence electrons. The lowest BCUT2D eigenvalue weighted by Crippen LogP contribution is -2.33. The number of alkyl halides is 3. The van der Waals surface area contributed by atoms with E-state index in [0.29, 0.717) is 17.1 Å². The van der Waals surface area contributed by atoms with Gasteiger partial charge in [0.05, 0.1) is 11.3 Å². The molecule has 14 heteroatoms. The highest BCUT2D eigenvalue weighted by Gasteiger charge is 2.29.